The number of carbonyl (C=O) groups is 1. The van der Waals surface area contributed by atoms with Crippen molar-refractivity contribution in [2.45, 2.75) is 31.3 Å². The first kappa shape index (κ1) is 18.5. The van der Waals surface area contributed by atoms with Crippen molar-refractivity contribution in [3.63, 3.8) is 0 Å². The quantitative estimate of drug-likeness (QED) is 0.803. The minimum absolute atomic E-state index is 0.0198. The summed E-state index contributed by atoms with van der Waals surface area (Å²) in [5.74, 6) is -0.0638. The van der Waals surface area contributed by atoms with Crippen molar-refractivity contribution in [1.82, 2.24) is 10.2 Å². The molecule has 2 N–H and O–H groups in total. The van der Waals surface area contributed by atoms with Crippen LogP contribution in [0.5, 0.6) is 0 Å². The van der Waals surface area contributed by atoms with Crippen molar-refractivity contribution < 1.29 is 13.2 Å². The zero-order valence-corrected chi connectivity index (χ0v) is 15.7. The van der Waals surface area contributed by atoms with Crippen molar-refractivity contribution in [3.05, 3.63) is 29.3 Å². The van der Waals surface area contributed by atoms with E-state index < -0.39 is 9.84 Å². The van der Waals surface area contributed by atoms with Crippen LogP contribution in [0.3, 0.4) is 0 Å². The summed E-state index contributed by atoms with van der Waals surface area (Å²) in [7, 11) is -3.11. The summed E-state index contributed by atoms with van der Waals surface area (Å²) in [6, 6.07) is 6.74. The Kier molecular flexibility index (Phi) is 5.86. The van der Waals surface area contributed by atoms with Crippen LogP contribution in [0.1, 0.15) is 19.3 Å². The molecule has 0 saturated carbocycles. The monoisotopic (exact) mass is 385 g/mol. The number of halogens is 1. The van der Waals surface area contributed by atoms with Gasteiger partial charge in [-0.25, -0.2) is 8.42 Å². The molecule has 2 saturated heterocycles. The molecule has 0 aromatic heterocycles. The molecule has 2 fully saturated rings. The Morgan fingerprint density at radius 1 is 1.16 bits per heavy atom. The lowest BCUT2D eigenvalue weighted by Gasteiger charge is -2.35. The molecule has 8 heteroatoms. The molecular weight excluding hydrogens is 362 g/mol. The van der Waals surface area contributed by atoms with Crippen LogP contribution in [0.4, 0.5) is 5.69 Å². The molecule has 25 heavy (non-hydrogen) atoms. The zero-order valence-electron chi connectivity index (χ0n) is 14.1. The van der Waals surface area contributed by atoms with Gasteiger partial charge >= 0.3 is 0 Å². The molecule has 2 aliphatic heterocycles. The van der Waals surface area contributed by atoms with Gasteiger partial charge in [-0.1, -0.05) is 30.2 Å². The molecular formula is C17H24ClN3O3S. The lowest BCUT2D eigenvalue weighted by molar-refractivity contribution is -0.120. The van der Waals surface area contributed by atoms with Gasteiger partial charge in [-0.3, -0.25) is 9.69 Å². The van der Waals surface area contributed by atoms with E-state index in [1.807, 2.05) is 12.1 Å². The summed E-state index contributed by atoms with van der Waals surface area (Å²) >= 11 is 6.06. The van der Waals surface area contributed by atoms with E-state index in [0.717, 1.165) is 25.9 Å². The van der Waals surface area contributed by atoms with Crippen LogP contribution in [0.15, 0.2) is 24.3 Å². The molecule has 3 rings (SSSR count). The Labute approximate surface area is 153 Å². The van der Waals surface area contributed by atoms with Crippen molar-refractivity contribution in [3.8, 4) is 0 Å². The number of carbonyl (C=O) groups excluding carboxylic acids is 1. The minimum Gasteiger partial charge on any atom is -0.375 e. The van der Waals surface area contributed by atoms with Gasteiger partial charge in [0.05, 0.1) is 34.8 Å². The number of rotatable bonds is 5. The molecule has 0 radical (unpaired) electrons. The van der Waals surface area contributed by atoms with Crippen LogP contribution in [0.25, 0.3) is 0 Å². The van der Waals surface area contributed by atoms with Gasteiger partial charge < -0.3 is 10.6 Å². The Balaban J connectivity index is 1.59. The molecule has 2 unspecified atom stereocenters. The molecule has 0 bridgehead atoms. The number of hydrogen-bond acceptors (Lipinski definition) is 5. The van der Waals surface area contributed by atoms with E-state index in [1.165, 1.54) is 6.42 Å². The fraction of sp³-hybridized carbons (Fsp3) is 0.588. The third kappa shape index (κ3) is 4.86. The number of piperidine rings is 1. The van der Waals surface area contributed by atoms with Gasteiger partial charge in [0.15, 0.2) is 9.84 Å². The zero-order chi connectivity index (χ0) is 17.9. The second kappa shape index (κ2) is 7.93. The summed E-state index contributed by atoms with van der Waals surface area (Å²) < 4.78 is 24.2. The Morgan fingerprint density at radius 2 is 1.88 bits per heavy atom. The van der Waals surface area contributed by atoms with E-state index in [4.69, 9.17) is 11.6 Å². The third-order valence-corrected chi connectivity index (χ3v) is 6.89. The fourth-order valence-electron chi connectivity index (χ4n) is 3.61. The topological polar surface area (TPSA) is 78.5 Å². The van der Waals surface area contributed by atoms with Crippen LogP contribution < -0.4 is 10.6 Å². The summed E-state index contributed by atoms with van der Waals surface area (Å²) in [6.07, 6.45) is 3.37. The van der Waals surface area contributed by atoms with E-state index in [2.05, 4.69) is 15.5 Å². The number of amides is 1. The van der Waals surface area contributed by atoms with E-state index in [-0.39, 0.29) is 36.0 Å². The second-order valence-electron chi connectivity index (χ2n) is 6.75. The highest BCUT2D eigenvalue weighted by atomic mass is 35.5. The van der Waals surface area contributed by atoms with Crippen LogP contribution in [-0.4, -0.2) is 62.4 Å². The Bertz CT molecular complexity index is 720. The maximum atomic E-state index is 12.3. The number of sulfone groups is 1. The third-order valence-electron chi connectivity index (χ3n) is 4.84. The second-order valence-corrected chi connectivity index (χ2v) is 9.31. The summed E-state index contributed by atoms with van der Waals surface area (Å²) in [4.78, 5) is 14.5. The van der Waals surface area contributed by atoms with E-state index in [0.29, 0.717) is 10.7 Å². The van der Waals surface area contributed by atoms with Crippen molar-refractivity contribution in [2.75, 3.05) is 36.5 Å². The molecule has 138 valence electrons. The van der Waals surface area contributed by atoms with E-state index in [1.54, 1.807) is 12.1 Å². The number of hydrogen-bond donors (Lipinski definition) is 2. The molecule has 1 aromatic rings. The van der Waals surface area contributed by atoms with E-state index in [9.17, 15) is 13.2 Å². The van der Waals surface area contributed by atoms with Gasteiger partial charge in [-0.2, -0.15) is 0 Å². The van der Waals surface area contributed by atoms with Crippen LogP contribution >= 0.6 is 11.6 Å². The van der Waals surface area contributed by atoms with Crippen molar-refractivity contribution in [2.24, 2.45) is 0 Å². The molecule has 1 aromatic carbocycles. The van der Waals surface area contributed by atoms with Gasteiger partial charge in [0.2, 0.25) is 5.91 Å². The number of nitrogens with zero attached hydrogens (tertiary/aromatic N) is 1. The van der Waals surface area contributed by atoms with Gasteiger partial charge in [0.25, 0.3) is 0 Å². The van der Waals surface area contributed by atoms with Gasteiger partial charge in [0.1, 0.15) is 0 Å². The highest BCUT2D eigenvalue weighted by molar-refractivity contribution is 7.91. The molecule has 1 amide bonds. The highest BCUT2D eigenvalue weighted by Gasteiger charge is 2.41. The average Bonchev–Trinajstić information content (AvgIpc) is 2.89. The average molecular weight is 386 g/mol. The summed E-state index contributed by atoms with van der Waals surface area (Å²) in [5, 5.41) is 6.45. The van der Waals surface area contributed by atoms with Crippen molar-refractivity contribution >= 4 is 33.0 Å². The largest absolute Gasteiger partial charge is 0.375 e. The normalized spacial score (nSPS) is 26.3. The maximum absolute atomic E-state index is 12.3. The number of benzene rings is 1. The number of likely N-dealkylation sites (tertiary alicyclic amines) is 1. The summed E-state index contributed by atoms with van der Waals surface area (Å²) in [6.45, 7) is 1.88. The lowest BCUT2D eigenvalue weighted by Crippen LogP contribution is -2.53. The van der Waals surface area contributed by atoms with E-state index >= 15 is 0 Å². The maximum Gasteiger partial charge on any atom is 0.239 e. The Hall–Kier alpha value is -1.31. The number of anilines is 1. The number of para-hydroxylation sites is 1. The van der Waals surface area contributed by atoms with Crippen molar-refractivity contribution in [1.29, 1.82) is 0 Å². The lowest BCUT2D eigenvalue weighted by atomic mass is 10.0. The number of nitrogens with one attached hydrogen (secondary N) is 2. The first-order valence-corrected chi connectivity index (χ1v) is 10.9. The SMILES string of the molecule is O=C(CNc1ccccc1Cl)NC1CS(=O)(=O)CC1N1CCCCC1. The van der Waals surface area contributed by atoms with Gasteiger partial charge in [-0.15, -0.1) is 0 Å². The molecule has 2 aliphatic rings. The molecule has 6 nitrogen and oxygen atoms in total. The first-order chi connectivity index (χ1) is 11.9. The predicted molar refractivity (Wildman–Crippen MR) is 99.7 cm³/mol. The van der Waals surface area contributed by atoms with Crippen LogP contribution in [0, 0.1) is 0 Å². The van der Waals surface area contributed by atoms with Gasteiger partial charge in [0, 0.05) is 6.04 Å². The fourth-order valence-corrected chi connectivity index (χ4v) is 5.77. The molecule has 2 heterocycles. The van der Waals surface area contributed by atoms with Crippen LogP contribution in [0.2, 0.25) is 5.02 Å². The van der Waals surface area contributed by atoms with Gasteiger partial charge in [-0.05, 0) is 38.1 Å². The first-order valence-electron chi connectivity index (χ1n) is 8.67. The smallest absolute Gasteiger partial charge is 0.239 e. The standard InChI is InChI=1S/C17H24ClN3O3S/c18-13-6-2-3-7-14(13)19-10-17(22)20-15-11-25(23,24)12-16(15)21-8-4-1-5-9-21/h2-3,6-7,15-16,19H,1,4-5,8-12H2,(H,20,22). The van der Waals surface area contributed by atoms with Crippen LogP contribution in [-0.2, 0) is 14.6 Å². The Morgan fingerprint density at radius 3 is 2.60 bits per heavy atom. The molecule has 0 spiro atoms. The predicted octanol–water partition coefficient (Wildman–Crippen LogP) is 1.52. The molecule has 0 aliphatic carbocycles. The summed E-state index contributed by atoms with van der Waals surface area (Å²) in [5.41, 5.74) is 0.686. The minimum atomic E-state index is -3.11. The highest BCUT2D eigenvalue weighted by Crippen LogP contribution is 2.23. The molecule has 2 atom stereocenters.